The molecule has 2 N–H and O–H groups in total. The first-order chi connectivity index (χ1) is 15.1. The maximum absolute atomic E-state index is 11.5. The number of carboxylic acids is 1. The molecule has 0 aliphatic rings. The number of carboxylic acid groups (broad SMARTS) is 1. The molecule has 0 aliphatic carbocycles. The highest BCUT2D eigenvalue weighted by molar-refractivity contribution is 6.06. The van der Waals surface area contributed by atoms with Gasteiger partial charge in [-0.15, -0.1) is 0 Å². The highest BCUT2D eigenvalue weighted by Gasteiger charge is 2.21. The number of carbonyl (C=O) groups is 1. The largest absolute Gasteiger partial charge is 0.507 e. The van der Waals surface area contributed by atoms with Crippen molar-refractivity contribution in [3.8, 4) is 5.75 Å². The van der Waals surface area contributed by atoms with Gasteiger partial charge in [0.25, 0.3) is 0 Å². The molecule has 0 amide bonds. The summed E-state index contributed by atoms with van der Waals surface area (Å²) < 4.78 is 6.14. The molecule has 4 aromatic carbocycles. The summed E-state index contributed by atoms with van der Waals surface area (Å²) in [5, 5.41) is 24.7. The van der Waals surface area contributed by atoms with E-state index in [9.17, 15) is 15.0 Å². The van der Waals surface area contributed by atoms with Gasteiger partial charge in [-0.2, -0.15) is 0 Å². The lowest BCUT2D eigenvalue weighted by Gasteiger charge is -2.05. The second kappa shape index (κ2) is 7.58. The Kier molecular flexibility index (Phi) is 4.60. The van der Waals surface area contributed by atoms with Crippen LogP contribution in [-0.2, 0) is 11.2 Å². The van der Waals surface area contributed by atoms with E-state index in [4.69, 9.17) is 4.42 Å². The molecule has 0 atom stereocenters. The number of hydrogen-bond acceptors (Lipinski definition) is 2. The number of aromatic hydroxyl groups is 1. The first-order valence-electron chi connectivity index (χ1n) is 9.98. The van der Waals surface area contributed by atoms with Gasteiger partial charge in [0.15, 0.2) is 0 Å². The SMILES string of the molecule is O=C(O)Cc1cc2c(ccc3ccccc32)[o+]c1C=Cc1c(O)ccc2ccccc12. The fourth-order valence-corrected chi connectivity index (χ4v) is 4.00. The molecule has 0 bridgehead atoms. The molecule has 0 saturated heterocycles. The Morgan fingerprint density at radius 3 is 2.26 bits per heavy atom. The number of aliphatic carboxylic acids is 1. The van der Waals surface area contributed by atoms with Gasteiger partial charge in [0.2, 0.25) is 0 Å². The molecule has 1 aromatic heterocycles. The third-order valence-electron chi connectivity index (χ3n) is 5.48. The monoisotopic (exact) mass is 407 g/mol. The third kappa shape index (κ3) is 3.49. The normalized spacial score (nSPS) is 11.6. The van der Waals surface area contributed by atoms with Crippen molar-refractivity contribution in [1.82, 2.24) is 0 Å². The van der Waals surface area contributed by atoms with Crippen molar-refractivity contribution in [2.45, 2.75) is 6.42 Å². The number of benzene rings is 4. The zero-order valence-electron chi connectivity index (χ0n) is 16.6. The van der Waals surface area contributed by atoms with Crippen LogP contribution in [0.4, 0.5) is 0 Å². The highest BCUT2D eigenvalue weighted by Crippen LogP contribution is 2.32. The molecule has 1 heterocycles. The Morgan fingerprint density at radius 2 is 1.48 bits per heavy atom. The van der Waals surface area contributed by atoms with Crippen LogP contribution in [0.5, 0.6) is 5.75 Å². The van der Waals surface area contributed by atoms with Crippen molar-refractivity contribution in [3.05, 3.63) is 95.7 Å². The summed E-state index contributed by atoms with van der Waals surface area (Å²) in [6.07, 6.45) is 3.34. The molecule has 0 fully saturated rings. The summed E-state index contributed by atoms with van der Waals surface area (Å²) in [6.45, 7) is 0. The van der Waals surface area contributed by atoms with Gasteiger partial charge < -0.3 is 10.2 Å². The van der Waals surface area contributed by atoms with E-state index >= 15 is 0 Å². The Labute approximate surface area is 178 Å². The van der Waals surface area contributed by atoms with E-state index in [2.05, 4.69) is 0 Å². The zero-order chi connectivity index (χ0) is 21.4. The number of phenolic OH excluding ortho intramolecular Hbond substituents is 1. The van der Waals surface area contributed by atoms with Crippen molar-refractivity contribution in [1.29, 1.82) is 0 Å². The minimum atomic E-state index is -0.933. The lowest BCUT2D eigenvalue weighted by Crippen LogP contribution is -2.02. The second-order valence-corrected chi connectivity index (χ2v) is 7.46. The fourth-order valence-electron chi connectivity index (χ4n) is 4.00. The standard InChI is InChI=1S/C27H18O4/c28-24-12-9-17-5-1-3-7-20(17)22(24)11-14-25-19(16-27(29)30)15-23-21-8-4-2-6-18(21)10-13-26(23)31-25/h1-15H,16H2,(H-,28,29,30)/p+1. The molecule has 0 spiro atoms. The van der Waals surface area contributed by atoms with E-state index in [1.165, 1.54) is 0 Å². The van der Waals surface area contributed by atoms with Crippen LogP contribution in [0.2, 0.25) is 0 Å². The van der Waals surface area contributed by atoms with Crippen molar-refractivity contribution in [2.24, 2.45) is 0 Å². The van der Waals surface area contributed by atoms with Crippen LogP contribution in [0, 0.1) is 0 Å². The van der Waals surface area contributed by atoms with Crippen LogP contribution < -0.4 is 0 Å². The predicted molar refractivity (Wildman–Crippen MR) is 124 cm³/mol. The van der Waals surface area contributed by atoms with Gasteiger partial charge in [-0.05, 0) is 45.8 Å². The van der Waals surface area contributed by atoms with E-state index in [0.717, 1.165) is 26.9 Å². The van der Waals surface area contributed by atoms with E-state index in [-0.39, 0.29) is 12.2 Å². The minimum Gasteiger partial charge on any atom is -0.507 e. The summed E-state index contributed by atoms with van der Waals surface area (Å²) in [7, 11) is 0. The molecule has 0 unspecified atom stereocenters. The maximum Gasteiger partial charge on any atom is 0.361 e. The molecule has 5 aromatic rings. The van der Waals surface area contributed by atoms with E-state index < -0.39 is 5.97 Å². The van der Waals surface area contributed by atoms with Crippen LogP contribution in [0.1, 0.15) is 16.9 Å². The lowest BCUT2D eigenvalue weighted by molar-refractivity contribution is -0.136. The van der Waals surface area contributed by atoms with Gasteiger partial charge >= 0.3 is 17.3 Å². The molecular formula is C27H19O4+. The summed E-state index contributed by atoms with van der Waals surface area (Å²) in [5.74, 6) is -0.323. The molecule has 0 radical (unpaired) electrons. The van der Waals surface area contributed by atoms with E-state index in [1.54, 1.807) is 18.2 Å². The molecule has 0 aliphatic heterocycles. The van der Waals surface area contributed by atoms with Gasteiger partial charge in [-0.3, -0.25) is 4.79 Å². The third-order valence-corrected chi connectivity index (χ3v) is 5.48. The summed E-state index contributed by atoms with van der Waals surface area (Å²) in [6, 6.07) is 25.0. The van der Waals surface area contributed by atoms with Crippen LogP contribution in [-0.4, -0.2) is 16.2 Å². The molecule has 0 saturated carbocycles. The van der Waals surface area contributed by atoms with Crippen LogP contribution >= 0.6 is 0 Å². The smallest absolute Gasteiger partial charge is 0.361 e. The predicted octanol–water partition coefficient (Wildman–Crippen LogP) is 6.52. The maximum atomic E-state index is 11.5. The summed E-state index contributed by atoms with van der Waals surface area (Å²) in [5.41, 5.74) is 1.91. The lowest BCUT2D eigenvalue weighted by atomic mass is 10.0. The highest BCUT2D eigenvalue weighted by atomic mass is 16.4. The van der Waals surface area contributed by atoms with Crippen LogP contribution in [0.25, 0.3) is 44.7 Å². The van der Waals surface area contributed by atoms with Gasteiger partial charge in [-0.1, -0.05) is 54.6 Å². The summed E-state index contributed by atoms with van der Waals surface area (Å²) >= 11 is 0. The van der Waals surface area contributed by atoms with Gasteiger partial charge in [0.1, 0.15) is 5.75 Å². The van der Waals surface area contributed by atoms with Gasteiger partial charge in [0.05, 0.1) is 17.4 Å². The fraction of sp³-hybridized carbons (Fsp3) is 0.0370. The first-order valence-corrected chi connectivity index (χ1v) is 9.98. The van der Waals surface area contributed by atoms with Crippen molar-refractivity contribution < 1.29 is 19.4 Å². The quantitative estimate of drug-likeness (QED) is 0.263. The number of phenols is 1. The average molecular weight is 407 g/mol. The zero-order valence-corrected chi connectivity index (χ0v) is 16.6. The van der Waals surface area contributed by atoms with Crippen LogP contribution in [0.3, 0.4) is 0 Å². The topological polar surface area (TPSA) is 68.8 Å². The molecule has 4 heteroatoms. The number of hydrogen-bond donors (Lipinski definition) is 2. The van der Waals surface area contributed by atoms with Crippen molar-refractivity contribution >= 4 is 50.6 Å². The van der Waals surface area contributed by atoms with Gasteiger partial charge in [-0.25, -0.2) is 4.42 Å². The number of fused-ring (bicyclic) bond motifs is 4. The Hall–Kier alpha value is -4.18. The molecule has 31 heavy (non-hydrogen) atoms. The van der Waals surface area contributed by atoms with Gasteiger partial charge in [0, 0.05) is 17.7 Å². The number of rotatable bonds is 4. The summed E-state index contributed by atoms with van der Waals surface area (Å²) in [4.78, 5) is 11.5. The molecular weight excluding hydrogens is 388 g/mol. The van der Waals surface area contributed by atoms with Crippen LogP contribution in [0.15, 0.2) is 83.3 Å². The Bertz CT molecular complexity index is 1500. The average Bonchev–Trinajstić information content (AvgIpc) is 2.78. The first kappa shape index (κ1) is 18.8. The second-order valence-electron chi connectivity index (χ2n) is 7.46. The molecule has 5 rings (SSSR count). The molecule has 4 nitrogen and oxygen atoms in total. The van der Waals surface area contributed by atoms with Crippen molar-refractivity contribution in [2.75, 3.05) is 0 Å². The van der Waals surface area contributed by atoms with E-state index in [1.807, 2.05) is 72.8 Å². The Balaban J connectivity index is 1.70. The van der Waals surface area contributed by atoms with Crippen molar-refractivity contribution in [3.63, 3.8) is 0 Å². The molecule has 150 valence electrons. The van der Waals surface area contributed by atoms with E-state index in [0.29, 0.717) is 22.5 Å². The minimum absolute atomic E-state index is 0.154. The Morgan fingerprint density at radius 1 is 0.806 bits per heavy atom.